The Kier molecular flexibility index (Phi) is 5.20. The minimum Gasteiger partial charge on any atom is -0.324 e. The minimum atomic E-state index is -3.51. The zero-order chi connectivity index (χ0) is 14.0. The molecular formula is C11H19ClN2O2S2. The summed E-state index contributed by atoms with van der Waals surface area (Å²) in [6.45, 7) is 5.91. The van der Waals surface area contributed by atoms with E-state index in [-0.39, 0.29) is 10.8 Å². The van der Waals surface area contributed by atoms with Gasteiger partial charge in [-0.3, -0.25) is 0 Å². The van der Waals surface area contributed by atoms with Gasteiger partial charge in [-0.05, 0) is 31.4 Å². The highest BCUT2D eigenvalue weighted by Gasteiger charge is 2.25. The van der Waals surface area contributed by atoms with E-state index >= 15 is 0 Å². The van der Waals surface area contributed by atoms with Gasteiger partial charge in [-0.1, -0.05) is 25.4 Å². The van der Waals surface area contributed by atoms with Gasteiger partial charge >= 0.3 is 0 Å². The quantitative estimate of drug-likeness (QED) is 0.848. The van der Waals surface area contributed by atoms with Crippen molar-refractivity contribution < 1.29 is 8.42 Å². The van der Waals surface area contributed by atoms with Crippen LogP contribution < -0.4 is 10.5 Å². The molecule has 1 rings (SSSR count). The molecule has 104 valence electrons. The maximum Gasteiger partial charge on any atom is 0.250 e. The smallest absolute Gasteiger partial charge is 0.250 e. The third-order valence-corrected chi connectivity index (χ3v) is 6.55. The fraction of sp³-hybridized carbons (Fsp3) is 0.636. The number of hydrogen-bond donors (Lipinski definition) is 2. The number of aryl methyl sites for hydroxylation is 1. The van der Waals surface area contributed by atoms with E-state index in [0.29, 0.717) is 4.34 Å². The van der Waals surface area contributed by atoms with Crippen molar-refractivity contribution in [2.24, 2.45) is 5.73 Å². The zero-order valence-corrected chi connectivity index (χ0v) is 13.2. The van der Waals surface area contributed by atoms with Crippen molar-refractivity contribution >= 4 is 33.0 Å². The van der Waals surface area contributed by atoms with Crippen LogP contribution in [0.25, 0.3) is 0 Å². The molecule has 0 aliphatic heterocycles. The summed E-state index contributed by atoms with van der Waals surface area (Å²) >= 11 is 6.94. The van der Waals surface area contributed by atoms with Gasteiger partial charge in [-0.25, -0.2) is 13.1 Å². The van der Waals surface area contributed by atoms with Gasteiger partial charge in [-0.2, -0.15) is 0 Å². The Morgan fingerprint density at radius 3 is 2.39 bits per heavy atom. The van der Waals surface area contributed by atoms with E-state index in [1.54, 1.807) is 13.0 Å². The highest BCUT2D eigenvalue weighted by molar-refractivity contribution is 7.91. The first kappa shape index (κ1) is 15.9. The molecule has 0 aliphatic carbocycles. The van der Waals surface area contributed by atoms with E-state index in [1.807, 2.05) is 13.8 Å². The lowest BCUT2D eigenvalue weighted by atomic mass is 9.95. The minimum absolute atomic E-state index is 0.233. The average Bonchev–Trinajstić information content (AvgIpc) is 2.68. The Morgan fingerprint density at radius 1 is 1.44 bits per heavy atom. The molecule has 0 bridgehead atoms. The van der Waals surface area contributed by atoms with Gasteiger partial charge in [-0.15, -0.1) is 11.3 Å². The molecule has 0 aromatic carbocycles. The van der Waals surface area contributed by atoms with Gasteiger partial charge in [0.1, 0.15) is 4.21 Å². The summed E-state index contributed by atoms with van der Waals surface area (Å²) < 4.78 is 27.4. The largest absolute Gasteiger partial charge is 0.324 e. The third-order valence-electron chi connectivity index (χ3n) is 3.12. The lowest BCUT2D eigenvalue weighted by Gasteiger charge is -2.26. The molecule has 7 heteroatoms. The number of sulfonamides is 1. The lowest BCUT2D eigenvalue weighted by Crippen LogP contribution is -2.49. The van der Waals surface area contributed by atoms with Gasteiger partial charge < -0.3 is 5.73 Å². The molecule has 0 saturated heterocycles. The maximum atomic E-state index is 12.1. The first-order valence-corrected chi connectivity index (χ1v) is 8.46. The maximum absolute atomic E-state index is 12.1. The first-order chi connectivity index (χ1) is 8.24. The van der Waals surface area contributed by atoms with Crippen LogP contribution >= 0.6 is 22.9 Å². The van der Waals surface area contributed by atoms with Gasteiger partial charge in [0.15, 0.2) is 0 Å². The highest BCUT2D eigenvalue weighted by atomic mass is 35.5. The van der Waals surface area contributed by atoms with Crippen LogP contribution in [-0.4, -0.2) is 20.5 Å². The van der Waals surface area contributed by atoms with Crippen molar-refractivity contribution in [2.75, 3.05) is 6.54 Å². The summed E-state index contributed by atoms with van der Waals surface area (Å²) in [5, 5.41) is 0. The fourth-order valence-corrected chi connectivity index (χ4v) is 4.26. The molecule has 0 saturated carbocycles. The average molecular weight is 311 g/mol. The van der Waals surface area contributed by atoms with Crippen LogP contribution in [0.4, 0.5) is 0 Å². The van der Waals surface area contributed by atoms with Crippen molar-refractivity contribution in [3.63, 3.8) is 0 Å². The molecule has 3 N–H and O–H groups in total. The van der Waals surface area contributed by atoms with E-state index < -0.39 is 15.6 Å². The summed E-state index contributed by atoms with van der Waals surface area (Å²) in [6.07, 6.45) is 1.44. The van der Waals surface area contributed by atoms with E-state index in [0.717, 1.165) is 29.7 Å². The molecule has 0 unspecified atom stereocenters. The normalized spacial score (nSPS) is 12.9. The first-order valence-electron chi connectivity index (χ1n) is 5.78. The molecule has 0 radical (unpaired) electrons. The summed E-state index contributed by atoms with van der Waals surface area (Å²) in [5.41, 5.74) is 6.34. The molecule has 0 spiro atoms. The van der Waals surface area contributed by atoms with Crippen LogP contribution in [-0.2, 0) is 10.0 Å². The molecule has 1 aromatic rings. The number of thiophene rings is 1. The molecule has 1 heterocycles. The lowest BCUT2D eigenvalue weighted by molar-refractivity contribution is 0.392. The highest BCUT2D eigenvalue weighted by Crippen LogP contribution is 2.30. The molecule has 0 atom stereocenters. The van der Waals surface area contributed by atoms with Crippen LogP contribution in [0.15, 0.2) is 10.3 Å². The van der Waals surface area contributed by atoms with E-state index in [1.165, 1.54) is 0 Å². The zero-order valence-electron chi connectivity index (χ0n) is 10.8. The van der Waals surface area contributed by atoms with Crippen molar-refractivity contribution in [3.8, 4) is 0 Å². The van der Waals surface area contributed by atoms with Crippen molar-refractivity contribution in [1.82, 2.24) is 4.72 Å². The number of nitrogens with two attached hydrogens (primary N) is 1. The number of hydrogen-bond acceptors (Lipinski definition) is 4. The number of nitrogens with one attached hydrogen (secondary N) is 1. The molecule has 0 fully saturated rings. The Balaban J connectivity index is 2.83. The van der Waals surface area contributed by atoms with E-state index in [2.05, 4.69) is 4.72 Å². The number of rotatable bonds is 6. The molecule has 4 nitrogen and oxygen atoms in total. The van der Waals surface area contributed by atoms with Crippen molar-refractivity contribution in [3.05, 3.63) is 16.0 Å². The monoisotopic (exact) mass is 310 g/mol. The molecular weight excluding hydrogens is 292 g/mol. The summed E-state index contributed by atoms with van der Waals surface area (Å²) in [6, 6.07) is 1.57. The molecule has 0 aliphatic rings. The van der Waals surface area contributed by atoms with E-state index in [4.69, 9.17) is 17.3 Å². The van der Waals surface area contributed by atoms with Crippen molar-refractivity contribution in [1.29, 1.82) is 0 Å². The number of halogens is 1. The Bertz CT molecular complexity index is 488. The standard InChI is InChI=1S/C11H19ClN2O2S2/c1-4-11(13,5-2)7-14-18(15,16)9-6-8(3)10(12)17-9/h6,14H,4-5,7,13H2,1-3H3. The second-order valence-corrected chi connectivity index (χ2v) is 8.06. The van der Waals surface area contributed by atoms with Gasteiger partial charge in [0, 0.05) is 12.1 Å². The summed E-state index contributed by atoms with van der Waals surface area (Å²) in [4.78, 5) is 0. The van der Waals surface area contributed by atoms with Gasteiger partial charge in [0.25, 0.3) is 0 Å². The fourth-order valence-electron chi connectivity index (χ4n) is 1.37. The summed E-state index contributed by atoms with van der Waals surface area (Å²) in [5.74, 6) is 0. The Labute approximate surface area is 118 Å². The predicted molar refractivity (Wildman–Crippen MR) is 76.8 cm³/mol. The molecule has 18 heavy (non-hydrogen) atoms. The Morgan fingerprint density at radius 2 is 2.00 bits per heavy atom. The SMILES string of the molecule is CCC(N)(CC)CNS(=O)(=O)c1cc(C)c(Cl)s1. The van der Waals surface area contributed by atoms with Crippen molar-refractivity contribution in [2.45, 2.75) is 43.4 Å². The second-order valence-electron chi connectivity index (χ2n) is 4.42. The van der Waals surface area contributed by atoms with Crippen LogP contribution in [0, 0.1) is 6.92 Å². The van der Waals surface area contributed by atoms with Crippen LogP contribution in [0.1, 0.15) is 32.3 Å². The predicted octanol–water partition coefficient (Wildman–Crippen LogP) is 2.51. The van der Waals surface area contributed by atoms with Crippen LogP contribution in [0.5, 0.6) is 0 Å². The second kappa shape index (κ2) is 5.88. The van der Waals surface area contributed by atoms with Crippen LogP contribution in [0.3, 0.4) is 0 Å². The molecule has 1 aromatic heterocycles. The topological polar surface area (TPSA) is 72.2 Å². The summed E-state index contributed by atoms with van der Waals surface area (Å²) in [7, 11) is -3.51. The third kappa shape index (κ3) is 3.68. The Hall–Kier alpha value is -0.140. The van der Waals surface area contributed by atoms with Gasteiger partial charge in [0.05, 0.1) is 4.34 Å². The van der Waals surface area contributed by atoms with E-state index in [9.17, 15) is 8.42 Å². The molecule has 0 amide bonds. The van der Waals surface area contributed by atoms with Gasteiger partial charge in [0.2, 0.25) is 10.0 Å². The van der Waals surface area contributed by atoms with Crippen LogP contribution in [0.2, 0.25) is 4.34 Å².